The second-order valence-electron chi connectivity index (χ2n) is 2.46. The molecule has 0 unspecified atom stereocenters. The van der Waals surface area contributed by atoms with Gasteiger partial charge in [0.15, 0.2) is 0 Å². The molecule has 0 bridgehead atoms. The van der Waals surface area contributed by atoms with Gasteiger partial charge in [0.2, 0.25) is 0 Å². The van der Waals surface area contributed by atoms with Crippen LogP contribution >= 0.6 is 24.2 Å². The predicted octanol–water partition coefficient (Wildman–Crippen LogP) is 3.37. The normalized spacial score (nSPS) is 10.8. The molecule has 1 aromatic carbocycles. The Balaban J connectivity index is 2.79. The van der Waals surface area contributed by atoms with Crippen LogP contribution in [-0.4, -0.2) is 5.75 Å². The van der Waals surface area contributed by atoms with E-state index >= 15 is 0 Å². The zero-order valence-electron chi connectivity index (χ0n) is 6.70. The molecule has 0 saturated heterocycles. The molecule has 0 aliphatic heterocycles. The van der Waals surface area contributed by atoms with Gasteiger partial charge in [-0.3, -0.25) is 0 Å². The van der Waals surface area contributed by atoms with E-state index in [4.69, 9.17) is 11.6 Å². The summed E-state index contributed by atoms with van der Waals surface area (Å²) >= 11 is 9.78. The van der Waals surface area contributed by atoms with Crippen LogP contribution in [0.2, 0.25) is 0 Å². The molecule has 0 aromatic heterocycles. The van der Waals surface area contributed by atoms with Crippen LogP contribution < -0.4 is 0 Å². The molecular weight excluding hydrogens is 188 g/mol. The van der Waals surface area contributed by atoms with Gasteiger partial charge in [-0.15, -0.1) is 11.6 Å². The molecule has 0 heterocycles. The largest absolute Gasteiger partial charge is 0.175 e. The van der Waals surface area contributed by atoms with Gasteiger partial charge < -0.3 is 0 Å². The van der Waals surface area contributed by atoms with Crippen molar-refractivity contribution in [2.75, 3.05) is 5.75 Å². The van der Waals surface area contributed by atoms with Gasteiger partial charge in [0.25, 0.3) is 0 Å². The first-order valence-corrected chi connectivity index (χ1v) is 4.96. The Morgan fingerprint density at radius 3 is 2.92 bits per heavy atom. The Morgan fingerprint density at radius 1 is 1.42 bits per heavy atom. The van der Waals surface area contributed by atoms with Crippen molar-refractivity contribution >= 4 is 30.3 Å². The van der Waals surface area contributed by atoms with Crippen molar-refractivity contribution in [2.24, 2.45) is 0 Å². The smallest absolute Gasteiger partial charge is 0.0474 e. The first-order valence-electron chi connectivity index (χ1n) is 3.79. The van der Waals surface area contributed by atoms with E-state index in [2.05, 4.69) is 24.8 Å². The molecule has 0 saturated carbocycles. The maximum absolute atomic E-state index is 5.69. The van der Waals surface area contributed by atoms with Crippen LogP contribution in [0.5, 0.6) is 0 Å². The van der Waals surface area contributed by atoms with Crippen LogP contribution in [0.25, 0.3) is 6.08 Å². The highest BCUT2D eigenvalue weighted by Gasteiger charge is 1.89. The van der Waals surface area contributed by atoms with E-state index in [-0.39, 0.29) is 0 Å². The molecule has 2 heteroatoms. The number of halogens is 1. The summed E-state index contributed by atoms with van der Waals surface area (Å²) in [5.74, 6) is 1.34. The monoisotopic (exact) mass is 198 g/mol. The number of hydrogen-bond donors (Lipinski definition) is 1. The molecular formula is C10H11ClS. The first kappa shape index (κ1) is 9.69. The minimum atomic E-state index is 0.572. The standard InChI is InChI=1S/C10H11ClS/c11-8-10-4-1-3-9(7-10)5-2-6-12/h1-5,7,12H,6,8H2. The van der Waals surface area contributed by atoms with E-state index in [1.165, 1.54) is 5.56 Å². The molecule has 0 fully saturated rings. The second kappa shape index (κ2) is 5.28. The van der Waals surface area contributed by atoms with E-state index in [1.807, 2.05) is 24.3 Å². The Morgan fingerprint density at radius 2 is 2.25 bits per heavy atom. The van der Waals surface area contributed by atoms with Crippen LogP contribution in [-0.2, 0) is 5.88 Å². The summed E-state index contributed by atoms with van der Waals surface area (Å²) in [4.78, 5) is 0. The van der Waals surface area contributed by atoms with Gasteiger partial charge in [-0.2, -0.15) is 12.6 Å². The van der Waals surface area contributed by atoms with Gasteiger partial charge in [-0.25, -0.2) is 0 Å². The van der Waals surface area contributed by atoms with Crippen LogP contribution in [0.15, 0.2) is 30.3 Å². The number of hydrogen-bond acceptors (Lipinski definition) is 1. The van der Waals surface area contributed by atoms with E-state index < -0.39 is 0 Å². The van der Waals surface area contributed by atoms with Crippen molar-refractivity contribution in [1.82, 2.24) is 0 Å². The average Bonchev–Trinajstić information content (AvgIpc) is 2.15. The van der Waals surface area contributed by atoms with Crippen LogP contribution in [0.1, 0.15) is 11.1 Å². The number of thiol groups is 1. The molecule has 0 nitrogen and oxygen atoms in total. The van der Waals surface area contributed by atoms with Crippen LogP contribution in [0.4, 0.5) is 0 Å². The molecule has 0 amide bonds. The summed E-state index contributed by atoms with van der Waals surface area (Å²) < 4.78 is 0. The van der Waals surface area contributed by atoms with Crippen molar-refractivity contribution < 1.29 is 0 Å². The molecule has 0 aliphatic carbocycles. The predicted molar refractivity (Wildman–Crippen MR) is 58.9 cm³/mol. The van der Waals surface area contributed by atoms with Gasteiger partial charge in [0.1, 0.15) is 0 Å². The zero-order chi connectivity index (χ0) is 8.81. The molecule has 0 radical (unpaired) electrons. The summed E-state index contributed by atoms with van der Waals surface area (Å²) in [6.07, 6.45) is 4.06. The lowest BCUT2D eigenvalue weighted by molar-refractivity contribution is 1.39. The van der Waals surface area contributed by atoms with E-state index in [0.717, 1.165) is 11.3 Å². The van der Waals surface area contributed by atoms with Crippen LogP contribution in [0, 0.1) is 0 Å². The third-order valence-electron chi connectivity index (χ3n) is 1.52. The molecule has 12 heavy (non-hydrogen) atoms. The SMILES string of the molecule is SCC=Cc1cccc(CCl)c1. The highest BCUT2D eigenvalue weighted by atomic mass is 35.5. The average molecular weight is 199 g/mol. The van der Waals surface area contributed by atoms with Gasteiger partial charge in [-0.05, 0) is 11.1 Å². The lowest BCUT2D eigenvalue weighted by atomic mass is 10.1. The highest BCUT2D eigenvalue weighted by Crippen LogP contribution is 2.09. The Labute approximate surface area is 83.7 Å². The summed E-state index contributed by atoms with van der Waals surface area (Å²) in [6, 6.07) is 8.16. The van der Waals surface area contributed by atoms with Crippen molar-refractivity contribution in [2.45, 2.75) is 5.88 Å². The maximum Gasteiger partial charge on any atom is 0.0474 e. The minimum Gasteiger partial charge on any atom is -0.175 e. The number of alkyl halides is 1. The molecule has 0 aliphatic rings. The quantitative estimate of drug-likeness (QED) is 0.559. The second-order valence-corrected chi connectivity index (χ2v) is 3.10. The van der Waals surface area contributed by atoms with E-state index in [1.54, 1.807) is 0 Å². The molecule has 0 spiro atoms. The summed E-state index contributed by atoms with van der Waals surface area (Å²) in [5.41, 5.74) is 2.33. The van der Waals surface area contributed by atoms with Gasteiger partial charge >= 0.3 is 0 Å². The zero-order valence-corrected chi connectivity index (χ0v) is 8.35. The van der Waals surface area contributed by atoms with Crippen molar-refractivity contribution in [3.05, 3.63) is 41.5 Å². The summed E-state index contributed by atoms with van der Waals surface area (Å²) in [7, 11) is 0. The van der Waals surface area contributed by atoms with Crippen LogP contribution in [0.3, 0.4) is 0 Å². The number of rotatable bonds is 3. The fourth-order valence-corrected chi connectivity index (χ4v) is 1.24. The Kier molecular flexibility index (Phi) is 4.26. The molecule has 1 rings (SSSR count). The summed E-state index contributed by atoms with van der Waals surface area (Å²) in [5, 5.41) is 0. The van der Waals surface area contributed by atoms with Crippen molar-refractivity contribution in [1.29, 1.82) is 0 Å². The third kappa shape index (κ3) is 2.92. The fourth-order valence-electron chi connectivity index (χ4n) is 0.969. The summed E-state index contributed by atoms with van der Waals surface area (Å²) in [6.45, 7) is 0. The molecule has 1 aromatic rings. The molecule has 0 atom stereocenters. The fraction of sp³-hybridized carbons (Fsp3) is 0.200. The molecule has 0 N–H and O–H groups in total. The van der Waals surface area contributed by atoms with Gasteiger partial charge in [-0.1, -0.05) is 36.4 Å². The Bertz CT molecular complexity index is 268. The minimum absolute atomic E-state index is 0.572. The Hall–Kier alpha value is -0.400. The van der Waals surface area contributed by atoms with Crippen molar-refractivity contribution in [3.63, 3.8) is 0 Å². The third-order valence-corrected chi connectivity index (χ3v) is 2.04. The van der Waals surface area contributed by atoms with Gasteiger partial charge in [0, 0.05) is 11.6 Å². The lowest BCUT2D eigenvalue weighted by Gasteiger charge is -1.96. The van der Waals surface area contributed by atoms with Gasteiger partial charge in [0.05, 0.1) is 0 Å². The van der Waals surface area contributed by atoms with E-state index in [0.29, 0.717) is 5.88 Å². The molecule has 64 valence electrons. The lowest BCUT2D eigenvalue weighted by Crippen LogP contribution is -1.78. The highest BCUT2D eigenvalue weighted by molar-refractivity contribution is 7.80. The number of benzene rings is 1. The maximum atomic E-state index is 5.69. The van der Waals surface area contributed by atoms with Crippen molar-refractivity contribution in [3.8, 4) is 0 Å². The van der Waals surface area contributed by atoms with E-state index in [9.17, 15) is 0 Å². The topological polar surface area (TPSA) is 0 Å². The first-order chi connectivity index (χ1) is 5.86.